The summed E-state index contributed by atoms with van der Waals surface area (Å²) >= 11 is 0. The second kappa shape index (κ2) is 13.5. The number of phenolic OH excluding ortho intramolecular Hbond substituents is 4. The molecule has 2 heterocycles. The number of fused-ring (bicyclic) bond motifs is 1. The zero-order valence-corrected chi connectivity index (χ0v) is 24.5. The number of esters is 1. The van der Waals surface area contributed by atoms with Gasteiger partial charge in [-0.05, 0) is 42.0 Å². The van der Waals surface area contributed by atoms with Crippen molar-refractivity contribution in [1.82, 2.24) is 0 Å². The van der Waals surface area contributed by atoms with Crippen LogP contribution in [-0.2, 0) is 19.0 Å². The predicted molar refractivity (Wildman–Crippen MR) is 158 cm³/mol. The van der Waals surface area contributed by atoms with Gasteiger partial charge in [0.15, 0.2) is 17.6 Å². The van der Waals surface area contributed by atoms with Gasteiger partial charge in [-0.25, -0.2) is 4.79 Å². The number of ether oxygens (including phenoxy) is 6. The first-order valence-electron chi connectivity index (χ1n) is 13.9. The number of benzene rings is 3. The van der Waals surface area contributed by atoms with Gasteiger partial charge in [-0.15, -0.1) is 0 Å². The van der Waals surface area contributed by atoms with Crippen molar-refractivity contribution in [3.63, 3.8) is 0 Å². The van der Waals surface area contributed by atoms with E-state index >= 15 is 0 Å². The molecule has 244 valence electrons. The summed E-state index contributed by atoms with van der Waals surface area (Å²) in [5.41, 5.74) is 1.03. The number of carbonyl (C=O) groups excluding carboxylic acids is 1. The topological polar surface area (TPSA) is 214 Å². The third kappa shape index (κ3) is 6.74. The van der Waals surface area contributed by atoms with Crippen LogP contribution in [0.15, 0.2) is 60.4 Å². The number of aliphatic hydroxyl groups excluding tert-OH is 3. The summed E-state index contributed by atoms with van der Waals surface area (Å²) in [6.45, 7) is -0.530. The number of hydrogen-bond donors (Lipinski definition) is 7. The lowest BCUT2D eigenvalue weighted by molar-refractivity contribution is -0.294. The monoisotopic (exact) mass is 640 g/mol. The fourth-order valence-corrected chi connectivity index (χ4v) is 4.88. The molecule has 0 radical (unpaired) electrons. The zero-order valence-electron chi connectivity index (χ0n) is 24.5. The molecular formula is C32H32O14. The first-order valence-corrected chi connectivity index (χ1v) is 13.9. The summed E-state index contributed by atoms with van der Waals surface area (Å²) in [5, 5.41) is 72.3. The first kappa shape index (κ1) is 32.2. The van der Waals surface area contributed by atoms with Crippen LogP contribution >= 0.6 is 0 Å². The number of rotatable bonds is 9. The van der Waals surface area contributed by atoms with Gasteiger partial charge in [0.05, 0.1) is 19.8 Å². The zero-order chi connectivity index (χ0) is 33.1. The van der Waals surface area contributed by atoms with Crippen molar-refractivity contribution in [1.29, 1.82) is 0 Å². The Balaban J connectivity index is 1.40. The molecule has 0 amide bonds. The molecule has 1 saturated heterocycles. The molecule has 0 aromatic heterocycles. The molecule has 6 atom stereocenters. The van der Waals surface area contributed by atoms with Crippen molar-refractivity contribution in [3.8, 4) is 40.2 Å². The van der Waals surface area contributed by atoms with Gasteiger partial charge in [-0.2, -0.15) is 0 Å². The summed E-state index contributed by atoms with van der Waals surface area (Å²) in [7, 11) is 2.65. The fraction of sp³-hybridized carbons (Fsp3) is 0.281. The van der Waals surface area contributed by atoms with E-state index in [9.17, 15) is 40.5 Å². The molecule has 1 fully saturated rings. The van der Waals surface area contributed by atoms with Crippen LogP contribution in [0, 0.1) is 0 Å². The molecule has 7 N–H and O–H groups in total. The number of hydrogen-bond acceptors (Lipinski definition) is 14. The smallest absolute Gasteiger partial charge is 0.330 e. The van der Waals surface area contributed by atoms with E-state index in [0.29, 0.717) is 11.1 Å². The molecule has 5 rings (SSSR count). The standard InChI is InChI=1S/C32H32O14/c1-41-22-9-16(10-23(42-2)27(22)37)31-24(13-19-20(35)11-18(34)12-21(19)44-31)45-32-30(40)29(39)28(38)25(46-32)14-43-26(36)8-5-15-3-6-17(33)7-4-15/h3-13,25,28-35,37-40H,14H2,1-2H3. The van der Waals surface area contributed by atoms with E-state index in [1.54, 1.807) is 12.1 Å². The summed E-state index contributed by atoms with van der Waals surface area (Å²) < 4.78 is 33.5. The minimum Gasteiger partial charge on any atom is -0.508 e. The molecular weight excluding hydrogens is 608 g/mol. The largest absolute Gasteiger partial charge is 0.508 e. The molecule has 2 aliphatic heterocycles. The molecule has 0 saturated carbocycles. The Labute approximate surface area is 262 Å². The maximum Gasteiger partial charge on any atom is 0.330 e. The van der Waals surface area contributed by atoms with Crippen molar-refractivity contribution < 1.29 is 69.0 Å². The van der Waals surface area contributed by atoms with Crippen molar-refractivity contribution >= 4 is 18.1 Å². The highest BCUT2D eigenvalue weighted by Crippen LogP contribution is 2.47. The summed E-state index contributed by atoms with van der Waals surface area (Å²) in [6.07, 6.45) is -5.48. The van der Waals surface area contributed by atoms with E-state index in [1.165, 1.54) is 56.7 Å². The second-order valence-corrected chi connectivity index (χ2v) is 10.4. The van der Waals surface area contributed by atoms with Crippen LogP contribution in [-0.4, -0.2) is 93.2 Å². The number of phenols is 4. The third-order valence-electron chi connectivity index (χ3n) is 7.32. The lowest BCUT2D eigenvalue weighted by atomic mass is 9.98. The average molecular weight is 641 g/mol. The molecule has 3 aromatic rings. The van der Waals surface area contributed by atoms with Gasteiger partial charge < -0.3 is 64.2 Å². The average Bonchev–Trinajstić information content (AvgIpc) is 3.04. The summed E-state index contributed by atoms with van der Waals surface area (Å²) in [4.78, 5) is 12.3. The Morgan fingerprint density at radius 2 is 1.54 bits per heavy atom. The number of methoxy groups -OCH3 is 2. The van der Waals surface area contributed by atoms with Crippen molar-refractivity contribution in [2.24, 2.45) is 0 Å². The minimum absolute atomic E-state index is 0.0238. The van der Waals surface area contributed by atoms with Crippen LogP contribution in [0.4, 0.5) is 0 Å². The number of aromatic hydroxyl groups is 4. The predicted octanol–water partition coefficient (Wildman–Crippen LogP) is 2.08. The highest BCUT2D eigenvalue weighted by Gasteiger charge is 2.46. The second-order valence-electron chi connectivity index (χ2n) is 10.4. The number of aliphatic hydroxyl groups is 3. The van der Waals surface area contributed by atoms with Crippen LogP contribution < -0.4 is 14.2 Å². The van der Waals surface area contributed by atoms with Gasteiger partial charge in [0.25, 0.3) is 0 Å². The normalized spacial score (nSPS) is 24.0. The highest BCUT2D eigenvalue weighted by atomic mass is 16.7. The van der Waals surface area contributed by atoms with Gasteiger partial charge >= 0.3 is 5.97 Å². The van der Waals surface area contributed by atoms with Crippen LogP contribution in [0.1, 0.15) is 22.8 Å². The molecule has 2 aliphatic rings. The van der Waals surface area contributed by atoms with Crippen LogP contribution in [0.5, 0.6) is 40.2 Å². The van der Waals surface area contributed by atoms with E-state index in [-0.39, 0.29) is 51.6 Å². The Hall–Kier alpha value is -5.15. The van der Waals surface area contributed by atoms with E-state index in [0.717, 1.165) is 12.1 Å². The van der Waals surface area contributed by atoms with Crippen LogP contribution in [0.3, 0.4) is 0 Å². The van der Waals surface area contributed by atoms with Gasteiger partial charge in [-0.3, -0.25) is 0 Å². The third-order valence-corrected chi connectivity index (χ3v) is 7.32. The fourth-order valence-electron chi connectivity index (χ4n) is 4.88. The molecule has 0 bridgehead atoms. The minimum atomic E-state index is -1.79. The van der Waals surface area contributed by atoms with Crippen LogP contribution in [0.25, 0.3) is 12.2 Å². The van der Waals surface area contributed by atoms with Crippen molar-refractivity contribution in [2.45, 2.75) is 36.8 Å². The maximum absolute atomic E-state index is 12.3. The van der Waals surface area contributed by atoms with E-state index in [2.05, 4.69) is 0 Å². The van der Waals surface area contributed by atoms with Crippen LogP contribution in [0.2, 0.25) is 0 Å². The lowest BCUT2D eigenvalue weighted by Crippen LogP contribution is -2.59. The van der Waals surface area contributed by atoms with Crippen molar-refractivity contribution in [3.05, 3.63) is 77.1 Å². The Morgan fingerprint density at radius 3 is 2.20 bits per heavy atom. The Morgan fingerprint density at radius 1 is 0.870 bits per heavy atom. The van der Waals surface area contributed by atoms with E-state index in [1.807, 2.05) is 0 Å². The molecule has 14 nitrogen and oxygen atoms in total. The van der Waals surface area contributed by atoms with Crippen molar-refractivity contribution in [2.75, 3.05) is 20.8 Å². The molecule has 14 heteroatoms. The van der Waals surface area contributed by atoms with Gasteiger partial charge in [0.1, 0.15) is 59.8 Å². The molecule has 0 aliphatic carbocycles. The number of carbonyl (C=O) groups is 1. The SMILES string of the molecule is COc1cc(C2Oc3cc(O)cc(O)c3C=C2OC2OC(COC(=O)C=Cc3ccc(O)cc3)C(O)C(O)C2O)cc(OC)c1O. The van der Waals surface area contributed by atoms with Gasteiger partial charge in [0.2, 0.25) is 12.0 Å². The quantitative estimate of drug-likeness (QED) is 0.132. The summed E-state index contributed by atoms with van der Waals surface area (Å²) in [5.74, 6) is -1.62. The van der Waals surface area contributed by atoms with E-state index < -0.39 is 49.4 Å². The van der Waals surface area contributed by atoms with Gasteiger partial charge in [0, 0.05) is 23.8 Å². The maximum atomic E-state index is 12.3. The Bertz CT molecular complexity index is 1610. The highest BCUT2D eigenvalue weighted by molar-refractivity contribution is 5.87. The first-order chi connectivity index (χ1) is 22.0. The molecule has 46 heavy (non-hydrogen) atoms. The molecule has 6 unspecified atom stereocenters. The van der Waals surface area contributed by atoms with E-state index in [4.69, 9.17) is 28.4 Å². The van der Waals surface area contributed by atoms with Gasteiger partial charge in [-0.1, -0.05) is 12.1 Å². The lowest BCUT2D eigenvalue weighted by Gasteiger charge is -2.41. The summed E-state index contributed by atoms with van der Waals surface area (Å²) in [6, 6.07) is 11.2. The Kier molecular flexibility index (Phi) is 9.44. The molecule has 3 aromatic carbocycles. The molecule has 0 spiro atoms.